The van der Waals surface area contributed by atoms with Crippen LogP contribution in [-0.4, -0.2) is 11.1 Å². The Morgan fingerprint density at radius 3 is 2.88 bits per heavy atom. The minimum Gasteiger partial charge on any atom is -0.430 e. The van der Waals surface area contributed by atoms with Crippen molar-refractivity contribution in [3.05, 3.63) is 12.1 Å². The van der Waals surface area contributed by atoms with Gasteiger partial charge in [0.25, 0.3) is 0 Å². The molecule has 1 unspecified atom stereocenters. The van der Waals surface area contributed by atoms with E-state index >= 15 is 0 Å². The summed E-state index contributed by atoms with van der Waals surface area (Å²) in [7, 11) is -2.18. The van der Waals surface area contributed by atoms with Gasteiger partial charge in [0, 0.05) is 6.26 Å². The Hall–Kier alpha value is -0.0500. The first-order chi connectivity index (χ1) is 3.77. The molecule has 0 heterocycles. The monoisotopic (exact) mass is 153 g/mol. The number of hydrogen-bond donors (Lipinski definition) is 1. The van der Waals surface area contributed by atoms with Crippen molar-refractivity contribution in [3.63, 3.8) is 0 Å². The van der Waals surface area contributed by atoms with Gasteiger partial charge in [0.2, 0.25) is 5.82 Å². The third-order valence-corrected chi connectivity index (χ3v) is 1.02. The normalized spacial score (nSPS) is 12.0. The second kappa shape index (κ2) is 5.09. The van der Waals surface area contributed by atoms with Crippen molar-refractivity contribution < 1.29 is 13.6 Å². The Morgan fingerprint density at radius 2 is 2.50 bits per heavy atom. The topological polar surface area (TPSA) is 46.5 Å². The molecule has 0 amide bonds. The molecule has 0 radical (unpaired) electrons. The van der Waals surface area contributed by atoms with Gasteiger partial charge in [-0.25, -0.2) is 0 Å². The molecule has 0 aromatic carbocycles. The van der Waals surface area contributed by atoms with Crippen molar-refractivity contribution in [2.24, 2.45) is 0 Å². The first-order valence-electron chi connectivity index (χ1n) is 1.78. The van der Waals surface area contributed by atoms with E-state index in [0.717, 1.165) is 17.9 Å². The molecule has 3 nitrogen and oxygen atoms in total. The second-order valence-electron chi connectivity index (χ2n) is 0.851. The zero-order valence-corrected chi connectivity index (χ0v) is 5.98. The summed E-state index contributed by atoms with van der Waals surface area (Å²) >= 11 is 1.12. The molecule has 0 spiro atoms. The second-order valence-corrected chi connectivity index (χ2v) is 2.28. The van der Waals surface area contributed by atoms with Crippen molar-refractivity contribution in [2.45, 2.75) is 0 Å². The lowest BCUT2D eigenvalue weighted by molar-refractivity contribution is 0.509. The maximum atomic E-state index is 9.85. The van der Waals surface area contributed by atoms with E-state index in [9.17, 15) is 4.57 Å². The Bertz CT molecular complexity index is 103. The molecule has 0 aromatic heterocycles. The molecule has 0 aliphatic rings. The quantitative estimate of drug-likeness (QED) is 0.379. The van der Waals surface area contributed by atoms with Crippen LogP contribution in [0.5, 0.6) is 0 Å². The first kappa shape index (κ1) is 7.95. The van der Waals surface area contributed by atoms with E-state index in [-0.39, 0.29) is 0 Å². The van der Waals surface area contributed by atoms with Gasteiger partial charge in [-0.3, -0.25) is 0 Å². The highest BCUT2D eigenvalue weighted by atomic mass is 32.2. The van der Waals surface area contributed by atoms with Crippen LogP contribution in [0, 0.1) is 0 Å². The van der Waals surface area contributed by atoms with E-state index in [1.165, 1.54) is 6.26 Å². The van der Waals surface area contributed by atoms with Crippen LogP contribution in [0.15, 0.2) is 12.1 Å². The van der Waals surface area contributed by atoms with E-state index < -0.39 is 8.03 Å². The Balaban J connectivity index is 3.20. The SMILES string of the molecule is CSO/C=C/[P+](=O)O. The highest BCUT2D eigenvalue weighted by Crippen LogP contribution is 2.14. The van der Waals surface area contributed by atoms with Crippen molar-refractivity contribution in [1.82, 2.24) is 0 Å². The van der Waals surface area contributed by atoms with Gasteiger partial charge in [-0.1, -0.05) is 0 Å². The lowest BCUT2D eigenvalue weighted by atomic mass is 11.2. The first-order valence-corrected chi connectivity index (χ1v) is 4.22. The summed E-state index contributed by atoms with van der Waals surface area (Å²) in [6, 6.07) is 0. The van der Waals surface area contributed by atoms with E-state index in [2.05, 4.69) is 4.18 Å². The molecular formula is C3H6O3PS+. The average molecular weight is 153 g/mol. The molecule has 0 saturated carbocycles. The number of hydrogen-bond acceptors (Lipinski definition) is 3. The van der Waals surface area contributed by atoms with E-state index in [1.807, 2.05) is 0 Å². The van der Waals surface area contributed by atoms with Gasteiger partial charge in [0.1, 0.15) is 6.26 Å². The molecule has 1 N–H and O–H groups in total. The molecule has 0 fully saturated rings. The van der Waals surface area contributed by atoms with Crippen molar-refractivity contribution in [3.8, 4) is 0 Å². The lowest BCUT2D eigenvalue weighted by Crippen LogP contribution is -1.57. The van der Waals surface area contributed by atoms with Crippen molar-refractivity contribution >= 4 is 20.1 Å². The minimum atomic E-state index is -2.18. The zero-order valence-electron chi connectivity index (χ0n) is 4.27. The van der Waals surface area contributed by atoms with Crippen LogP contribution in [0.4, 0.5) is 0 Å². The Kier molecular flexibility index (Phi) is 5.06. The maximum Gasteiger partial charge on any atom is 0.541 e. The van der Waals surface area contributed by atoms with Crippen molar-refractivity contribution in [2.75, 3.05) is 6.26 Å². The molecule has 0 rings (SSSR count). The van der Waals surface area contributed by atoms with Crippen LogP contribution in [0.3, 0.4) is 0 Å². The Labute approximate surface area is 52.8 Å². The van der Waals surface area contributed by atoms with E-state index in [1.54, 1.807) is 6.26 Å². The van der Waals surface area contributed by atoms with Gasteiger partial charge in [0.05, 0.1) is 12.0 Å². The molecule has 5 heteroatoms. The van der Waals surface area contributed by atoms with Crippen LogP contribution in [0.2, 0.25) is 0 Å². The fourth-order valence-electron chi connectivity index (χ4n) is 0.132. The molecule has 0 aromatic rings. The summed E-state index contributed by atoms with van der Waals surface area (Å²) in [6.07, 6.45) is 2.90. The largest absolute Gasteiger partial charge is 0.541 e. The average Bonchev–Trinajstić information content (AvgIpc) is 1.66. The Morgan fingerprint density at radius 1 is 1.88 bits per heavy atom. The van der Waals surface area contributed by atoms with Crippen molar-refractivity contribution in [1.29, 1.82) is 0 Å². The summed E-state index contributed by atoms with van der Waals surface area (Å²) in [5.41, 5.74) is 0. The predicted molar refractivity (Wildman–Crippen MR) is 33.6 cm³/mol. The van der Waals surface area contributed by atoms with Crippen LogP contribution in [-0.2, 0) is 8.75 Å². The van der Waals surface area contributed by atoms with Gasteiger partial charge >= 0.3 is 8.03 Å². The molecule has 0 saturated heterocycles. The van der Waals surface area contributed by atoms with Crippen LogP contribution in [0.1, 0.15) is 0 Å². The minimum absolute atomic E-state index is 1.08. The summed E-state index contributed by atoms with van der Waals surface area (Å²) in [5.74, 6) is 1.08. The van der Waals surface area contributed by atoms with Gasteiger partial charge in [0.15, 0.2) is 0 Å². The fraction of sp³-hybridized carbons (Fsp3) is 0.333. The lowest BCUT2D eigenvalue weighted by Gasteiger charge is -1.81. The van der Waals surface area contributed by atoms with Gasteiger partial charge in [-0.05, 0) is 4.57 Å². The van der Waals surface area contributed by atoms with E-state index in [4.69, 9.17) is 4.89 Å². The van der Waals surface area contributed by atoms with Crippen LogP contribution >= 0.6 is 20.1 Å². The van der Waals surface area contributed by atoms with Gasteiger partial charge in [-0.15, -0.1) is 0 Å². The van der Waals surface area contributed by atoms with Crippen LogP contribution in [0.25, 0.3) is 0 Å². The van der Waals surface area contributed by atoms with E-state index in [0.29, 0.717) is 0 Å². The highest BCUT2D eigenvalue weighted by molar-refractivity contribution is 7.94. The third kappa shape index (κ3) is 5.95. The summed E-state index contributed by atoms with van der Waals surface area (Å²) in [4.78, 5) is 8.11. The molecule has 1 atom stereocenters. The molecule has 8 heavy (non-hydrogen) atoms. The molecule has 0 aliphatic carbocycles. The summed E-state index contributed by atoms with van der Waals surface area (Å²) < 4.78 is 14.4. The molecule has 0 bridgehead atoms. The van der Waals surface area contributed by atoms with Gasteiger partial charge in [-0.2, -0.15) is 4.89 Å². The molecular weight excluding hydrogens is 147 g/mol. The molecule has 46 valence electrons. The highest BCUT2D eigenvalue weighted by Gasteiger charge is 1.99. The van der Waals surface area contributed by atoms with Gasteiger partial charge < -0.3 is 4.18 Å². The zero-order chi connectivity index (χ0) is 6.41. The third-order valence-electron chi connectivity index (χ3n) is 0.340. The fourth-order valence-corrected chi connectivity index (χ4v) is 0.546. The summed E-state index contributed by atoms with van der Waals surface area (Å²) in [6.45, 7) is 0. The maximum absolute atomic E-state index is 9.85. The standard InChI is InChI=1S/C3H5O3PS/c1-8-6-2-3-7(4)5/h2-3H,1H3/p+1/b3-2+. The van der Waals surface area contributed by atoms with Crippen LogP contribution < -0.4 is 0 Å². The number of rotatable bonds is 3. The molecule has 0 aliphatic heterocycles. The summed E-state index contributed by atoms with van der Waals surface area (Å²) in [5, 5.41) is 0. The smallest absolute Gasteiger partial charge is 0.430 e. The predicted octanol–water partition coefficient (Wildman–Crippen LogP) is 1.49.